The van der Waals surface area contributed by atoms with E-state index in [1.165, 1.54) is 23.7 Å². The normalized spacial score (nSPS) is 17.5. The third-order valence-corrected chi connectivity index (χ3v) is 7.99. The van der Waals surface area contributed by atoms with Crippen molar-refractivity contribution in [3.63, 3.8) is 0 Å². The lowest BCUT2D eigenvalue weighted by molar-refractivity contribution is -0.140. The fourth-order valence-electron chi connectivity index (χ4n) is 4.10. The number of rotatable bonds is 10. The van der Waals surface area contributed by atoms with Crippen LogP contribution in [0.3, 0.4) is 0 Å². The number of fused-ring (bicyclic) bond motifs is 1. The van der Waals surface area contributed by atoms with Gasteiger partial charge in [0.1, 0.15) is 12.0 Å². The summed E-state index contributed by atoms with van der Waals surface area (Å²) in [6, 6.07) is 15.2. The Morgan fingerprint density at radius 2 is 2.03 bits per heavy atom. The first-order valence-corrected chi connectivity index (χ1v) is 14.0. The lowest BCUT2D eigenvalue weighted by Gasteiger charge is -2.35. The molecule has 2 unspecified atom stereocenters. The number of nitrogens with zero attached hydrogens (tertiary/aromatic N) is 2. The van der Waals surface area contributed by atoms with E-state index in [2.05, 4.69) is 60.4 Å². The zero-order valence-corrected chi connectivity index (χ0v) is 22.8. The molecule has 2 atom stereocenters. The van der Waals surface area contributed by atoms with Gasteiger partial charge >= 0.3 is 5.97 Å². The maximum atomic E-state index is 14.1. The Kier molecular flexibility index (Phi) is 10.4. The number of benzene rings is 2. The van der Waals surface area contributed by atoms with Gasteiger partial charge in [-0.1, -0.05) is 50.1 Å². The van der Waals surface area contributed by atoms with Crippen molar-refractivity contribution in [1.82, 2.24) is 4.31 Å². The van der Waals surface area contributed by atoms with Crippen molar-refractivity contribution in [1.29, 1.82) is 0 Å². The Balaban J connectivity index is 2.02. The van der Waals surface area contributed by atoms with Crippen molar-refractivity contribution in [3.8, 4) is 5.75 Å². The van der Waals surface area contributed by atoms with Gasteiger partial charge in [-0.15, -0.1) is 11.8 Å². The minimum Gasteiger partial charge on any atom is -0.461 e. The van der Waals surface area contributed by atoms with Gasteiger partial charge in [0, 0.05) is 12.6 Å². The summed E-state index contributed by atoms with van der Waals surface area (Å²) in [5.41, 5.74) is 2.39. The van der Waals surface area contributed by atoms with E-state index in [-0.39, 0.29) is 12.6 Å². The van der Waals surface area contributed by atoms with E-state index >= 15 is 0 Å². The number of carbonyl (C=O) groups is 1. The minimum absolute atomic E-state index is 0.104. The van der Waals surface area contributed by atoms with Gasteiger partial charge in [-0.2, -0.15) is 4.39 Å². The molecule has 1 aliphatic heterocycles. The first-order chi connectivity index (χ1) is 16.9. The van der Waals surface area contributed by atoms with Crippen LogP contribution in [0.15, 0.2) is 64.3 Å². The molecule has 0 fully saturated rings. The highest BCUT2D eigenvalue weighted by atomic mass is 32.2. The summed E-state index contributed by atoms with van der Waals surface area (Å²) >= 11 is 3.21. The molecule has 0 spiro atoms. The second-order valence-corrected chi connectivity index (χ2v) is 10.5. The minimum atomic E-state index is -1.06. The second kappa shape index (κ2) is 13.2. The Morgan fingerprint density at radius 3 is 2.69 bits per heavy atom. The second-order valence-electron chi connectivity index (χ2n) is 8.45. The summed E-state index contributed by atoms with van der Waals surface area (Å²) < 4.78 is 26.8. The van der Waals surface area contributed by atoms with Crippen LogP contribution in [-0.4, -0.2) is 42.8 Å². The van der Waals surface area contributed by atoms with Gasteiger partial charge < -0.3 is 14.4 Å². The van der Waals surface area contributed by atoms with Crippen molar-refractivity contribution in [2.75, 3.05) is 31.4 Å². The van der Waals surface area contributed by atoms with Gasteiger partial charge in [0.15, 0.2) is 0 Å². The summed E-state index contributed by atoms with van der Waals surface area (Å²) in [6.45, 7) is 7.10. The molecule has 2 aromatic rings. The first kappa shape index (κ1) is 27.4. The number of esters is 1. The van der Waals surface area contributed by atoms with Crippen LogP contribution in [0.25, 0.3) is 0 Å². The summed E-state index contributed by atoms with van der Waals surface area (Å²) in [5, 5.41) is 0. The molecule has 0 saturated carbocycles. The predicted molar refractivity (Wildman–Crippen MR) is 144 cm³/mol. The fraction of sp³-hybridized carbons (Fsp3) is 0.444. The van der Waals surface area contributed by atoms with Crippen LogP contribution in [0.1, 0.15) is 51.6 Å². The quantitative estimate of drug-likeness (QED) is 0.108. The number of hydrogen-bond acceptors (Lipinski definition) is 7. The average Bonchev–Trinajstić information content (AvgIpc) is 3.00. The molecule has 1 aliphatic rings. The number of hydrogen-bond donors (Lipinski definition) is 0. The first-order valence-electron chi connectivity index (χ1n) is 12.0. The zero-order valence-electron chi connectivity index (χ0n) is 21.1. The number of likely N-dealkylation sites (N-methyl/N-ethyl adjacent to an activating group) is 1. The molecule has 1 heterocycles. The van der Waals surface area contributed by atoms with Crippen LogP contribution in [0.2, 0.25) is 0 Å². The van der Waals surface area contributed by atoms with Gasteiger partial charge in [0.2, 0.25) is 5.83 Å². The van der Waals surface area contributed by atoms with Crippen molar-refractivity contribution >= 4 is 35.4 Å². The van der Waals surface area contributed by atoms with Gasteiger partial charge in [-0.05, 0) is 63.2 Å². The lowest BCUT2D eigenvalue weighted by Crippen LogP contribution is -2.39. The highest BCUT2D eigenvalue weighted by Gasteiger charge is 2.30. The van der Waals surface area contributed by atoms with Crippen LogP contribution in [0, 0.1) is 0 Å². The van der Waals surface area contributed by atoms with Gasteiger partial charge in [-0.25, -0.2) is 9.10 Å². The fourth-order valence-corrected chi connectivity index (χ4v) is 5.70. The Bertz CT molecular complexity index is 1020. The largest absolute Gasteiger partial charge is 0.461 e. The highest BCUT2D eigenvalue weighted by Crippen LogP contribution is 2.46. The standard InChI is InChI=1S/C27H35FN2O3S2/c1-6-8-14-21-17-30(19(3)20-12-10-9-11-13-20)23-15-26(34-5)24(16-25(23)35-29(21)4)33-18-22(28)27(31)32-7-2/h9-13,15-16,18-19,21H,6-8,14,17H2,1-5H3/b22-18-. The molecule has 0 bridgehead atoms. The highest BCUT2D eigenvalue weighted by molar-refractivity contribution is 7.98. The van der Waals surface area contributed by atoms with E-state index < -0.39 is 11.8 Å². The average molecular weight is 519 g/mol. The number of ether oxygens (including phenoxy) is 2. The zero-order chi connectivity index (χ0) is 25.4. The van der Waals surface area contributed by atoms with E-state index in [1.807, 2.05) is 18.4 Å². The number of unbranched alkanes of at least 4 members (excludes halogenated alkanes) is 1. The lowest BCUT2D eigenvalue weighted by atomic mass is 10.0. The molecule has 5 nitrogen and oxygen atoms in total. The molecule has 0 N–H and O–H groups in total. The summed E-state index contributed by atoms with van der Waals surface area (Å²) in [6.07, 6.45) is 6.23. The van der Waals surface area contributed by atoms with E-state index in [0.29, 0.717) is 11.8 Å². The number of halogens is 1. The molecule has 0 amide bonds. The topological polar surface area (TPSA) is 42.0 Å². The van der Waals surface area contributed by atoms with Crippen LogP contribution < -0.4 is 9.64 Å². The van der Waals surface area contributed by atoms with Crippen LogP contribution in [0.5, 0.6) is 5.75 Å². The van der Waals surface area contributed by atoms with E-state index in [4.69, 9.17) is 9.47 Å². The SMILES string of the molecule is CCCCC1CN(C(C)c2ccccc2)c2cc(SC)c(O/C=C(\F)C(=O)OCC)cc2SN1C. The molecule has 0 aromatic heterocycles. The summed E-state index contributed by atoms with van der Waals surface area (Å²) in [5.74, 6) is -1.57. The Hall–Kier alpha value is -2.16. The van der Waals surface area contributed by atoms with Gasteiger partial charge in [0.25, 0.3) is 0 Å². The van der Waals surface area contributed by atoms with E-state index in [0.717, 1.165) is 41.1 Å². The van der Waals surface area contributed by atoms with Gasteiger partial charge in [-0.3, -0.25) is 0 Å². The van der Waals surface area contributed by atoms with Crippen LogP contribution in [-0.2, 0) is 9.53 Å². The maximum absolute atomic E-state index is 14.1. The predicted octanol–water partition coefficient (Wildman–Crippen LogP) is 7.24. The molecule has 8 heteroatoms. The maximum Gasteiger partial charge on any atom is 0.370 e. The molecular formula is C27H35FN2O3S2. The Labute approximate surface area is 217 Å². The smallest absolute Gasteiger partial charge is 0.370 e. The van der Waals surface area contributed by atoms with Crippen LogP contribution in [0.4, 0.5) is 10.1 Å². The number of thioether (sulfide) groups is 1. The van der Waals surface area contributed by atoms with Crippen molar-refractivity contribution in [2.24, 2.45) is 0 Å². The Morgan fingerprint density at radius 1 is 1.29 bits per heavy atom. The number of carbonyl (C=O) groups excluding carboxylic acids is 1. The van der Waals surface area contributed by atoms with Crippen molar-refractivity contribution in [2.45, 2.75) is 61.9 Å². The summed E-state index contributed by atoms with van der Waals surface area (Å²) in [4.78, 5) is 16.0. The van der Waals surface area contributed by atoms with E-state index in [1.54, 1.807) is 18.9 Å². The van der Waals surface area contributed by atoms with E-state index in [9.17, 15) is 9.18 Å². The monoisotopic (exact) mass is 518 g/mol. The molecule has 0 aliphatic carbocycles. The molecule has 35 heavy (non-hydrogen) atoms. The molecular weight excluding hydrogens is 483 g/mol. The molecule has 0 radical (unpaired) electrons. The molecule has 190 valence electrons. The van der Waals surface area contributed by atoms with Crippen LogP contribution >= 0.6 is 23.7 Å². The third kappa shape index (κ3) is 6.96. The number of anilines is 1. The molecule has 3 rings (SSSR count). The summed E-state index contributed by atoms with van der Waals surface area (Å²) in [7, 11) is 2.13. The van der Waals surface area contributed by atoms with Crippen molar-refractivity contribution in [3.05, 3.63) is 60.1 Å². The molecule has 2 aromatic carbocycles. The van der Waals surface area contributed by atoms with Crippen molar-refractivity contribution < 1.29 is 18.7 Å². The third-order valence-electron chi connectivity index (χ3n) is 6.12. The molecule has 0 saturated heterocycles. The van der Waals surface area contributed by atoms with Gasteiger partial charge in [0.05, 0.1) is 28.1 Å².